The zero-order chi connectivity index (χ0) is 13.3. The molecule has 0 unspecified atom stereocenters. The van der Waals surface area contributed by atoms with Gasteiger partial charge in [-0.05, 0) is 36.6 Å². The lowest BCUT2D eigenvalue weighted by atomic mass is 9.71. The standard InChI is InChI=1S/C17H18FN/c1-13-2-6-15(7-3-13)17(11-19-12-17)10-14-4-8-16(18)9-5-14/h2-9,19H,10-12H2,1H3. The fourth-order valence-corrected chi connectivity index (χ4v) is 2.76. The molecule has 1 saturated heterocycles. The molecule has 1 aliphatic rings. The van der Waals surface area contributed by atoms with Crippen LogP contribution in [0.4, 0.5) is 4.39 Å². The second-order valence-electron chi connectivity index (χ2n) is 5.55. The van der Waals surface area contributed by atoms with Gasteiger partial charge in [0, 0.05) is 18.5 Å². The predicted octanol–water partition coefficient (Wildman–Crippen LogP) is 3.22. The summed E-state index contributed by atoms with van der Waals surface area (Å²) in [5, 5.41) is 3.37. The van der Waals surface area contributed by atoms with Gasteiger partial charge in [-0.15, -0.1) is 0 Å². The van der Waals surface area contributed by atoms with E-state index in [1.807, 2.05) is 12.1 Å². The van der Waals surface area contributed by atoms with Gasteiger partial charge in [-0.3, -0.25) is 0 Å². The topological polar surface area (TPSA) is 12.0 Å². The van der Waals surface area contributed by atoms with Crippen molar-refractivity contribution in [1.82, 2.24) is 5.32 Å². The van der Waals surface area contributed by atoms with Crippen LogP contribution in [0.15, 0.2) is 48.5 Å². The van der Waals surface area contributed by atoms with Crippen molar-refractivity contribution in [3.63, 3.8) is 0 Å². The summed E-state index contributed by atoms with van der Waals surface area (Å²) in [7, 11) is 0. The van der Waals surface area contributed by atoms with Crippen LogP contribution in [0.5, 0.6) is 0 Å². The number of nitrogens with one attached hydrogen (secondary N) is 1. The Morgan fingerprint density at radius 3 is 2.16 bits per heavy atom. The summed E-state index contributed by atoms with van der Waals surface area (Å²) in [4.78, 5) is 0. The molecule has 2 aromatic carbocycles. The molecule has 1 aliphatic heterocycles. The fourth-order valence-electron chi connectivity index (χ4n) is 2.76. The van der Waals surface area contributed by atoms with Gasteiger partial charge in [-0.2, -0.15) is 0 Å². The monoisotopic (exact) mass is 255 g/mol. The summed E-state index contributed by atoms with van der Waals surface area (Å²) in [6.45, 7) is 4.09. The maximum absolute atomic E-state index is 13.0. The average Bonchev–Trinajstić information content (AvgIpc) is 2.37. The van der Waals surface area contributed by atoms with E-state index in [0.29, 0.717) is 0 Å². The number of rotatable bonds is 3. The van der Waals surface area contributed by atoms with E-state index in [4.69, 9.17) is 0 Å². The van der Waals surface area contributed by atoms with E-state index < -0.39 is 0 Å². The van der Waals surface area contributed by atoms with Gasteiger partial charge < -0.3 is 5.32 Å². The van der Waals surface area contributed by atoms with E-state index in [-0.39, 0.29) is 11.2 Å². The Morgan fingerprint density at radius 1 is 1.00 bits per heavy atom. The maximum Gasteiger partial charge on any atom is 0.123 e. The van der Waals surface area contributed by atoms with Crippen LogP contribution < -0.4 is 5.32 Å². The number of aryl methyl sites for hydroxylation is 1. The first-order valence-corrected chi connectivity index (χ1v) is 6.70. The summed E-state index contributed by atoms with van der Waals surface area (Å²) >= 11 is 0. The van der Waals surface area contributed by atoms with Gasteiger partial charge in [0.15, 0.2) is 0 Å². The summed E-state index contributed by atoms with van der Waals surface area (Å²) < 4.78 is 13.0. The molecule has 1 nitrogen and oxygen atoms in total. The fraction of sp³-hybridized carbons (Fsp3) is 0.294. The lowest BCUT2D eigenvalue weighted by Gasteiger charge is -2.43. The van der Waals surface area contributed by atoms with Crippen molar-refractivity contribution in [2.45, 2.75) is 18.8 Å². The van der Waals surface area contributed by atoms with Gasteiger partial charge in [0.25, 0.3) is 0 Å². The van der Waals surface area contributed by atoms with Crippen LogP contribution in [0, 0.1) is 12.7 Å². The summed E-state index contributed by atoms with van der Waals surface area (Å²) in [5.41, 5.74) is 4.03. The molecule has 2 heteroatoms. The highest BCUT2D eigenvalue weighted by molar-refractivity contribution is 5.35. The molecule has 0 saturated carbocycles. The lowest BCUT2D eigenvalue weighted by Crippen LogP contribution is -2.58. The van der Waals surface area contributed by atoms with Gasteiger partial charge in [-0.25, -0.2) is 4.39 Å². The summed E-state index contributed by atoms with van der Waals surface area (Å²) in [5.74, 6) is -0.167. The Balaban J connectivity index is 1.87. The quantitative estimate of drug-likeness (QED) is 0.888. The van der Waals surface area contributed by atoms with Crippen LogP contribution >= 0.6 is 0 Å². The third-order valence-corrected chi connectivity index (χ3v) is 4.05. The molecular weight excluding hydrogens is 237 g/mol. The normalized spacial score (nSPS) is 16.9. The highest BCUT2D eigenvalue weighted by Crippen LogP contribution is 2.32. The largest absolute Gasteiger partial charge is 0.315 e. The molecule has 0 amide bonds. The van der Waals surface area contributed by atoms with Crippen LogP contribution in [0.2, 0.25) is 0 Å². The van der Waals surface area contributed by atoms with Crippen LogP contribution in [0.1, 0.15) is 16.7 Å². The minimum atomic E-state index is -0.167. The SMILES string of the molecule is Cc1ccc(C2(Cc3ccc(F)cc3)CNC2)cc1. The zero-order valence-corrected chi connectivity index (χ0v) is 11.1. The van der Waals surface area contributed by atoms with Crippen molar-refractivity contribution in [3.05, 3.63) is 71.0 Å². The zero-order valence-electron chi connectivity index (χ0n) is 11.1. The average molecular weight is 255 g/mol. The van der Waals surface area contributed by atoms with Crippen molar-refractivity contribution in [2.24, 2.45) is 0 Å². The second-order valence-corrected chi connectivity index (χ2v) is 5.55. The van der Waals surface area contributed by atoms with Crippen molar-refractivity contribution in [1.29, 1.82) is 0 Å². The third-order valence-electron chi connectivity index (χ3n) is 4.05. The third kappa shape index (κ3) is 2.41. The van der Waals surface area contributed by atoms with Crippen LogP contribution in [0.25, 0.3) is 0 Å². The Bertz CT molecular complexity index is 553. The Labute approximate surface area is 113 Å². The predicted molar refractivity (Wildman–Crippen MR) is 75.8 cm³/mol. The molecular formula is C17H18FN. The molecule has 0 radical (unpaired) electrons. The Morgan fingerprint density at radius 2 is 1.63 bits per heavy atom. The van der Waals surface area contributed by atoms with Crippen molar-refractivity contribution >= 4 is 0 Å². The summed E-state index contributed by atoms with van der Waals surface area (Å²) in [6, 6.07) is 15.7. The molecule has 0 spiro atoms. The van der Waals surface area contributed by atoms with Gasteiger partial charge >= 0.3 is 0 Å². The molecule has 0 bridgehead atoms. The van der Waals surface area contributed by atoms with E-state index in [0.717, 1.165) is 19.5 Å². The first kappa shape index (κ1) is 12.4. The van der Waals surface area contributed by atoms with Gasteiger partial charge in [-0.1, -0.05) is 42.0 Å². The molecule has 0 atom stereocenters. The molecule has 3 rings (SSSR count). The van der Waals surface area contributed by atoms with E-state index >= 15 is 0 Å². The van der Waals surface area contributed by atoms with E-state index in [2.05, 4.69) is 36.5 Å². The molecule has 1 N–H and O–H groups in total. The first-order chi connectivity index (χ1) is 9.18. The molecule has 0 aliphatic carbocycles. The number of hydrogen-bond donors (Lipinski definition) is 1. The van der Waals surface area contributed by atoms with Gasteiger partial charge in [0.05, 0.1) is 0 Å². The van der Waals surface area contributed by atoms with Crippen LogP contribution in [-0.4, -0.2) is 13.1 Å². The molecule has 19 heavy (non-hydrogen) atoms. The number of hydrogen-bond acceptors (Lipinski definition) is 1. The summed E-state index contributed by atoms with van der Waals surface area (Å²) in [6.07, 6.45) is 0.962. The Hall–Kier alpha value is -1.67. The molecule has 98 valence electrons. The second kappa shape index (κ2) is 4.78. The maximum atomic E-state index is 13.0. The molecule has 1 heterocycles. The van der Waals surface area contributed by atoms with Crippen molar-refractivity contribution in [3.8, 4) is 0 Å². The number of benzene rings is 2. The smallest absolute Gasteiger partial charge is 0.123 e. The minimum absolute atomic E-state index is 0.167. The minimum Gasteiger partial charge on any atom is -0.315 e. The van der Waals surface area contributed by atoms with Crippen LogP contribution in [-0.2, 0) is 11.8 Å². The van der Waals surface area contributed by atoms with Crippen LogP contribution in [0.3, 0.4) is 0 Å². The van der Waals surface area contributed by atoms with Crippen molar-refractivity contribution in [2.75, 3.05) is 13.1 Å². The van der Waals surface area contributed by atoms with E-state index in [9.17, 15) is 4.39 Å². The highest BCUT2D eigenvalue weighted by Gasteiger charge is 2.38. The Kier molecular flexibility index (Phi) is 3.11. The van der Waals surface area contributed by atoms with E-state index in [1.165, 1.54) is 16.7 Å². The molecule has 1 fully saturated rings. The lowest BCUT2D eigenvalue weighted by molar-refractivity contribution is 0.274. The first-order valence-electron chi connectivity index (χ1n) is 6.70. The van der Waals surface area contributed by atoms with E-state index in [1.54, 1.807) is 12.1 Å². The number of halogens is 1. The highest BCUT2D eigenvalue weighted by atomic mass is 19.1. The molecule has 2 aromatic rings. The van der Waals surface area contributed by atoms with Gasteiger partial charge in [0.1, 0.15) is 5.82 Å². The van der Waals surface area contributed by atoms with Crippen molar-refractivity contribution < 1.29 is 4.39 Å². The molecule has 0 aromatic heterocycles. The van der Waals surface area contributed by atoms with Gasteiger partial charge in [0.2, 0.25) is 0 Å².